The van der Waals surface area contributed by atoms with E-state index in [9.17, 15) is 9.90 Å². The molecule has 5 heteroatoms. The first-order valence-electron chi connectivity index (χ1n) is 4.24. The number of carbonyl (C=O) groups is 1. The zero-order chi connectivity index (χ0) is 11.6. The van der Waals surface area contributed by atoms with E-state index in [0.717, 1.165) is 0 Å². The number of ether oxygens (including phenoxy) is 1. The molecule has 0 saturated carbocycles. The number of phenolic OH excluding ortho intramolecular Hbond substituents is 1. The van der Waals surface area contributed by atoms with E-state index in [2.05, 4.69) is 0 Å². The van der Waals surface area contributed by atoms with Crippen molar-refractivity contribution in [3.8, 4) is 11.5 Å². The van der Waals surface area contributed by atoms with Gasteiger partial charge in [-0.2, -0.15) is 0 Å². The van der Waals surface area contributed by atoms with Gasteiger partial charge in [0, 0.05) is 0 Å². The fourth-order valence-electron chi connectivity index (χ4n) is 1.34. The van der Waals surface area contributed by atoms with Gasteiger partial charge in [0.1, 0.15) is 0 Å². The van der Waals surface area contributed by atoms with Crippen LogP contribution in [0.1, 0.15) is 11.1 Å². The normalized spacial score (nSPS) is 10.1. The van der Waals surface area contributed by atoms with E-state index in [0.29, 0.717) is 11.1 Å². The number of halogens is 1. The molecule has 1 rings (SSSR count). The van der Waals surface area contributed by atoms with Gasteiger partial charge in [0.2, 0.25) is 0 Å². The van der Waals surface area contributed by atoms with Crippen molar-refractivity contribution < 1.29 is 19.7 Å². The Kier molecular flexibility index (Phi) is 3.42. The van der Waals surface area contributed by atoms with Crippen LogP contribution in [0.2, 0.25) is 5.02 Å². The fraction of sp³-hybridized carbons (Fsp3) is 0.300. The summed E-state index contributed by atoms with van der Waals surface area (Å²) in [7, 11) is 1.36. The summed E-state index contributed by atoms with van der Waals surface area (Å²) in [6, 6.07) is 1.43. The largest absolute Gasteiger partial charge is 0.504 e. The summed E-state index contributed by atoms with van der Waals surface area (Å²) in [5.41, 5.74) is 1.08. The average molecular weight is 231 g/mol. The Labute approximate surface area is 92.1 Å². The van der Waals surface area contributed by atoms with Crippen LogP contribution in [-0.2, 0) is 11.2 Å². The molecule has 0 heterocycles. The number of carboxylic acid groups (broad SMARTS) is 1. The summed E-state index contributed by atoms with van der Waals surface area (Å²) in [6.07, 6.45) is -0.193. The Bertz CT molecular complexity index is 401. The van der Waals surface area contributed by atoms with E-state index in [4.69, 9.17) is 21.4 Å². The van der Waals surface area contributed by atoms with Gasteiger partial charge in [-0.1, -0.05) is 11.6 Å². The van der Waals surface area contributed by atoms with Gasteiger partial charge < -0.3 is 14.9 Å². The van der Waals surface area contributed by atoms with Crippen molar-refractivity contribution in [2.24, 2.45) is 0 Å². The molecule has 0 bridgehead atoms. The van der Waals surface area contributed by atoms with Crippen LogP contribution in [0.25, 0.3) is 0 Å². The number of methoxy groups -OCH3 is 1. The summed E-state index contributed by atoms with van der Waals surface area (Å²) in [4.78, 5) is 10.6. The number of benzene rings is 1. The molecule has 0 saturated heterocycles. The van der Waals surface area contributed by atoms with E-state index >= 15 is 0 Å². The third-order valence-electron chi connectivity index (χ3n) is 2.06. The van der Waals surface area contributed by atoms with Crippen LogP contribution in [0.15, 0.2) is 6.07 Å². The zero-order valence-corrected chi connectivity index (χ0v) is 9.13. The maximum absolute atomic E-state index is 10.6. The van der Waals surface area contributed by atoms with Crippen LogP contribution in [-0.4, -0.2) is 23.3 Å². The van der Waals surface area contributed by atoms with Gasteiger partial charge in [0.15, 0.2) is 11.5 Å². The second-order valence-corrected chi connectivity index (χ2v) is 3.49. The van der Waals surface area contributed by atoms with Crippen LogP contribution < -0.4 is 4.74 Å². The molecule has 0 radical (unpaired) electrons. The predicted molar refractivity (Wildman–Crippen MR) is 55.7 cm³/mol. The molecular formula is C10H11ClO4. The van der Waals surface area contributed by atoms with E-state index < -0.39 is 5.97 Å². The summed E-state index contributed by atoms with van der Waals surface area (Å²) in [5, 5.41) is 18.3. The van der Waals surface area contributed by atoms with Gasteiger partial charge in [-0.05, 0) is 24.1 Å². The van der Waals surface area contributed by atoms with Gasteiger partial charge in [0.25, 0.3) is 0 Å². The number of aromatic hydroxyl groups is 1. The molecule has 0 aromatic heterocycles. The Hall–Kier alpha value is -1.42. The summed E-state index contributed by atoms with van der Waals surface area (Å²) in [5.74, 6) is -0.958. The first-order chi connectivity index (χ1) is 6.97. The maximum Gasteiger partial charge on any atom is 0.307 e. The Morgan fingerprint density at radius 1 is 1.60 bits per heavy atom. The number of phenols is 1. The predicted octanol–water partition coefficient (Wildman–Crippen LogP) is 1.99. The van der Waals surface area contributed by atoms with Crippen molar-refractivity contribution in [2.45, 2.75) is 13.3 Å². The third kappa shape index (κ3) is 2.33. The number of carboxylic acids is 1. The highest BCUT2D eigenvalue weighted by Crippen LogP contribution is 2.38. The van der Waals surface area contributed by atoms with Crippen LogP contribution in [0.5, 0.6) is 11.5 Å². The minimum absolute atomic E-state index is 0.0888. The standard InChI is InChI=1S/C10H11ClO4/c1-5-3-7(12)10(15-2)9(11)6(5)4-8(13)14/h3,12H,4H2,1-2H3,(H,13,14). The van der Waals surface area contributed by atoms with Crippen LogP contribution in [0.3, 0.4) is 0 Å². The molecule has 82 valence electrons. The number of hydrogen-bond donors (Lipinski definition) is 2. The van der Waals surface area contributed by atoms with Gasteiger partial charge in [-0.15, -0.1) is 0 Å². The Morgan fingerprint density at radius 2 is 2.20 bits per heavy atom. The molecule has 0 spiro atoms. The van der Waals surface area contributed by atoms with Crippen LogP contribution in [0, 0.1) is 6.92 Å². The van der Waals surface area contributed by atoms with E-state index in [1.54, 1.807) is 6.92 Å². The summed E-state index contributed by atoms with van der Waals surface area (Å²) < 4.78 is 4.88. The Balaban J connectivity index is 3.32. The summed E-state index contributed by atoms with van der Waals surface area (Å²) >= 11 is 5.92. The molecule has 0 atom stereocenters. The van der Waals surface area contributed by atoms with Crippen molar-refractivity contribution in [1.29, 1.82) is 0 Å². The van der Waals surface area contributed by atoms with Crippen molar-refractivity contribution in [3.05, 3.63) is 22.2 Å². The molecule has 1 aromatic carbocycles. The highest BCUT2D eigenvalue weighted by atomic mass is 35.5. The third-order valence-corrected chi connectivity index (χ3v) is 2.46. The lowest BCUT2D eigenvalue weighted by Gasteiger charge is -2.12. The SMILES string of the molecule is COc1c(O)cc(C)c(CC(=O)O)c1Cl. The van der Waals surface area contributed by atoms with Gasteiger partial charge >= 0.3 is 5.97 Å². The highest BCUT2D eigenvalue weighted by Gasteiger charge is 2.16. The van der Waals surface area contributed by atoms with Crippen LogP contribution >= 0.6 is 11.6 Å². The lowest BCUT2D eigenvalue weighted by atomic mass is 10.0. The molecule has 0 aliphatic heterocycles. The van der Waals surface area contributed by atoms with Crippen LogP contribution in [0.4, 0.5) is 0 Å². The molecule has 1 aromatic rings. The van der Waals surface area contributed by atoms with Gasteiger partial charge in [-0.3, -0.25) is 4.79 Å². The molecule has 15 heavy (non-hydrogen) atoms. The van der Waals surface area contributed by atoms with E-state index in [-0.39, 0.29) is 22.9 Å². The quantitative estimate of drug-likeness (QED) is 0.833. The summed E-state index contributed by atoms with van der Waals surface area (Å²) in [6.45, 7) is 1.68. The number of aliphatic carboxylic acids is 1. The smallest absolute Gasteiger partial charge is 0.307 e. The second-order valence-electron chi connectivity index (χ2n) is 3.11. The number of hydrogen-bond acceptors (Lipinski definition) is 3. The minimum atomic E-state index is -0.979. The lowest BCUT2D eigenvalue weighted by Crippen LogP contribution is -2.04. The van der Waals surface area contributed by atoms with Crippen molar-refractivity contribution in [3.63, 3.8) is 0 Å². The van der Waals surface area contributed by atoms with Gasteiger partial charge in [-0.25, -0.2) is 0 Å². The molecule has 0 unspecified atom stereocenters. The molecule has 0 amide bonds. The first kappa shape index (κ1) is 11.7. The van der Waals surface area contributed by atoms with Crippen molar-refractivity contribution >= 4 is 17.6 Å². The van der Waals surface area contributed by atoms with Gasteiger partial charge in [0.05, 0.1) is 18.6 Å². The zero-order valence-electron chi connectivity index (χ0n) is 8.37. The number of aryl methyl sites for hydroxylation is 1. The molecular weight excluding hydrogens is 220 g/mol. The Morgan fingerprint density at radius 3 is 2.67 bits per heavy atom. The highest BCUT2D eigenvalue weighted by molar-refractivity contribution is 6.33. The van der Waals surface area contributed by atoms with E-state index in [1.165, 1.54) is 13.2 Å². The molecule has 0 fully saturated rings. The fourth-order valence-corrected chi connectivity index (χ4v) is 1.73. The molecule has 4 nitrogen and oxygen atoms in total. The lowest BCUT2D eigenvalue weighted by molar-refractivity contribution is -0.136. The van der Waals surface area contributed by atoms with Crippen molar-refractivity contribution in [2.75, 3.05) is 7.11 Å². The topological polar surface area (TPSA) is 66.8 Å². The monoisotopic (exact) mass is 230 g/mol. The van der Waals surface area contributed by atoms with Crippen molar-refractivity contribution in [1.82, 2.24) is 0 Å². The average Bonchev–Trinajstić information content (AvgIpc) is 2.12. The maximum atomic E-state index is 10.6. The molecule has 2 N–H and O–H groups in total. The van der Waals surface area contributed by atoms with E-state index in [1.807, 2.05) is 0 Å². The minimum Gasteiger partial charge on any atom is -0.504 e. The number of rotatable bonds is 3. The molecule has 0 aliphatic rings. The second kappa shape index (κ2) is 4.40. The first-order valence-corrected chi connectivity index (χ1v) is 4.62. The molecule has 0 aliphatic carbocycles.